The van der Waals surface area contributed by atoms with Crippen molar-refractivity contribution < 1.29 is 4.74 Å². The molecule has 0 saturated heterocycles. The number of hydrogen-bond acceptors (Lipinski definition) is 4. The maximum absolute atomic E-state index is 12.0. The first-order valence-corrected chi connectivity index (χ1v) is 5.88. The Bertz CT molecular complexity index is 407. The van der Waals surface area contributed by atoms with Gasteiger partial charge in [-0.25, -0.2) is 4.98 Å². The Labute approximate surface area is 102 Å². The Balaban J connectivity index is 2.78. The Kier molecular flexibility index (Phi) is 4.69. The molecule has 0 radical (unpaired) electrons. The topological polar surface area (TPSA) is 56.1 Å². The summed E-state index contributed by atoms with van der Waals surface area (Å²) in [5.41, 5.74) is -0.448. The maximum Gasteiger partial charge on any atom is 0.313 e. The fraction of sp³-hybridized carbons (Fsp3) is 0.667. The molecule has 1 heterocycles. The van der Waals surface area contributed by atoms with Crippen LogP contribution in [0, 0.1) is 0 Å². The number of rotatable bonds is 5. The molecule has 0 aliphatic rings. The predicted molar refractivity (Wildman–Crippen MR) is 67.5 cm³/mol. The van der Waals surface area contributed by atoms with Crippen molar-refractivity contribution in [3.8, 4) is 5.88 Å². The molecule has 0 saturated carbocycles. The highest BCUT2D eigenvalue weighted by Crippen LogP contribution is 2.11. The monoisotopic (exact) mass is 239 g/mol. The van der Waals surface area contributed by atoms with Crippen molar-refractivity contribution in [3.05, 3.63) is 22.7 Å². The second-order valence-electron chi connectivity index (χ2n) is 4.78. The molecule has 1 aromatic rings. The van der Waals surface area contributed by atoms with Gasteiger partial charge < -0.3 is 14.6 Å². The quantitative estimate of drug-likeness (QED) is 0.778. The van der Waals surface area contributed by atoms with Gasteiger partial charge in [-0.15, -0.1) is 0 Å². The molecule has 0 fully saturated rings. The van der Waals surface area contributed by atoms with Gasteiger partial charge in [0.1, 0.15) is 6.61 Å². The summed E-state index contributed by atoms with van der Waals surface area (Å²) in [6.07, 6.45) is 3.27. The fourth-order valence-electron chi connectivity index (χ4n) is 1.42. The van der Waals surface area contributed by atoms with Gasteiger partial charge in [0.05, 0.1) is 0 Å². The number of nitrogens with one attached hydrogen (secondary N) is 1. The minimum absolute atomic E-state index is 0.167. The van der Waals surface area contributed by atoms with Crippen molar-refractivity contribution >= 4 is 0 Å². The van der Waals surface area contributed by atoms with Crippen molar-refractivity contribution in [1.29, 1.82) is 0 Å². The van der Waals surface area contributed by atoms with Gasteiger partial charge in [0.2, 0.25) is 0 Å². The number of hydrogen-bond donors (Lipinski definition) is 1. The van der Waals surface area contributed by atoms with Gasteiger partial charge in [0.15, 0.2) is 0 Å². The van der Waals surface area contributed by atoms with E-state index in [1.54, 1.807) is 17.0 Å². The Morgan fingerprint density at radius 1 is 1.47 bits per heavy atom. The molecule has 0 amide bonds. The number of nitrogens with zero attached hydrogens (tertiary/aromatic N) is 2. The first-order valence-electron chi connectivity index (χ1n) is 5.88. The van der Waals surface area contributed by atoms with Gasteiger partial charge in [-0.3, -0.25) is 4.79 Å². The van der Waals surface area contributed by atoms with Crippen LogP contribution in [-0.2, 0) is 5.54 Å². The standard InChI is InChI=1S/C12H21N3O2/c1-5-13-7-9-17-10-11(16)15(8-6-14-10)12(2,3)4/h6,8,13H,5,7,9H2,1-4H3. The lowest BCUT2D eigenvalue weighted by Crippen LogP contribution is -2.35. The van der Waals surface area contributed by atoms with E-state index in [-0.39, 0.29) is 17.0 Å². The molecule has 0 aliphatic heterocycles. The summed E-state index contributed by atoms with van der Waals surface area (Å²) in [5.74, 6) is 0.167. The third-order valence-corrected chi connectivity index (χ3v) is 2.30. The molecule has 0 aliphatic carbocycles. The SMILES string of the molecule is CCNCCOc1nccn(C(C)(C)C)c1=O. The summed E-state index contributed by atoms with van der Waals surface area (Å²) in [7, 11) is 0. The van der Waals surface area contributed by atoms with Crippen LogP contribution < -0.4 is 15.6 Å². The summed E-state index contributed by atoms with van der Waals surface area (Å²) < 4.78 is 7.00. The Hall–Kier alpha value is -1.36. The van der Waals surface area contributed by atoms with Crippen molar-refractivity contribution in [2.75, 3.05) is 19.7 Å². The smallest absolute Gasteiger partial charge is 0.313 e. The van der Waals surface area contributed by atoms with Gasteiger partial charge in [-0.2, -0.15) is 0 Å². The summed E-state index contributed by atoms with van der Waals surface area (Å²) >= 11 is 0. The second-order valence-corrected chi connectivity index (χ2v) is 4.78. The molecule has 0 aromatic carbocycles. The van der Waals surface area contributed by atoms with Gasteiger partial charge >= 0.3 is 5.56 Å². The van der Waals surface area contributed by atoms with Crippen LogP contribution in [-0.4, -0.2) is 29.2 Å². The van der Waals surface area contributed by atoms with Crippen molar-refractivity contribution in [1.82, 2.24) is 14.9 Å². The van der Waals surface area contributed by atoms with Crippen LogP contribution in [0.25, 0.3) is 0 Å². The molecule has 0 atom stereocenters. The highest BCUT2D eigenvalue weighted by atomic mass is 16.5. The molecule has 96 valence electrons. The molecule has 1 rings (SSSR count). The lowest BCUT2D eigenvalue weighted by molar-refractivity contribution is 0.286. The summed E-state index contributed by atoms with van der Waals surface area (Å²) in [6, 6.07) is 0. The maximum atomic E-state index is 12.0. The van der Waals surface area contributed by atoms with E-state index in [4.69, 9.17) is 4.74 Å². The second kappa shape index (κ2) is 5.82. The molecule has 1 N–H and O–H groups in total. The molecule has 0 spiro atoms. The normalized spacial score (nSPS) is 11.5. The van der Waals surface area contributed by atoms with E-state index < -0.39 is 0 Å². The third-order valence-electron chi connectivity index (χ3n) is 2.30. The van der Waals surface area contributed by atoms with Crippen molar-refractivity contribution in [2.24, 2.45) is 0 Å². The van der Waals surface area contributed by atoms with Gasteiger partial charge in [-0.1, -0.05) is 6.92 Å². The lowest BCUT2D eigenvalue weighted by atomic mass is 10.1. The minimum Gasteiger partial charge on any atom is -0.472 e. The number of likely N-dealkylation sites (N-methyl/N-ethyl adjacent to an activating group) is 1. The summed E-state index contributed by atoms with van der Waals surface area (Å²) in [6.45, 7) is 9.97. The Morgan fingerprint density at radius 3 is 2.76 bits per heavy atom. The molecular formula is C12H21N3O2. The first kappa shape index (κ1) is 13.7. The molecular weight excluding hydrogens is 218 g/mol. The van der Waals surface area contributed by atoms with E-state index in [0.717, 1.165) is 6.54 Å². The van der Waals surface area contributed by atoms with Crippen molar-refractivity contribution in [3.63, 3.8) is 0 Å². The molecule has 17 heavy (non-hydrogen) atoms. The van der Waals surface area contributed by atoms with Crippen LogP contribution in [0.4, 0.5) is 0 Å². The molecule has 1 aromatic heterocycles. The predicted octanol–water partition coefficient (Wildman–Crippen LogP) is 0.987. The van der Waals surface area contributed by atoms with E-state index >= 15 is 0 Å². The van der Waals surface area contributed by atoms with Gasteiger partial charge in [0.25, 0.3) is 5.88 Å². The van der Waals surface area contributed by atoms with E-state index in [2.05, 4.69) is 10.3 Å². The van der Waals surface area contributed by atoms with Gasteiger partial charge in [-0.05, 0) is 27.3 Å². The highest BCUT2D eigenvalue weighted by molar-refractivity contribution is 5.06. The molecule has 5 nitrogen and oxygen atoms in total. The zero-order chi connectivity index (χ0) is 12.9. The average molecular weight is 239 g/mol. The van der Waals surface area contributed by atoms with Crippen LogP contribution >= 0.6 is 0 Å². The van der Waals surface area contributed by atoms with Crippen LogP contribution in [0.5, 0.6) is 5.88 Å². The summed E-state index contributed by atoms with van der Waals surface area (Å²) in [5, 5.41) is 3.12. The Morgan fingerprint density at radius 2 is 2.18 bits per heavy atom. The molecule has 0 bridgehead atoms. The zero-order valence-corrected chi connectivity index (χ0v) is 11.0. The van der Waals surface area contributed by atoms with E-state index in [9.17, 15) is 4.79 Å². The van der Waals surface area contributed by atoms with Crippen molar-refractivity contribution in [2.45, 2.75) is 33.2 Å². The van der Waals surface area contributed by atoms with E-state index in [1.807, 2.05) is 27.7 Å². The molecule has 0 unspecified atom stereocenters. The van der Waals surface area contributed by atoms with Crippen LogP contribution in [0.15, 0.2) is 17.2 Å². The van der Waals surface area contributed by atoms with E-state index in [1.165, 1.54) is 0 Å². The number of aromatic nitrogens is 2. The molecule has 5 heteroatoms. The summed E-state index contributed by atoms with van der Waals surface area (Å²) in [4.78, 5) is 16.0. The third kappa shape index (κ3) is 3.85. The first-order chi connectivity index (χ1) is 7.96. The largest absolute Gasteiger partial charge is 0.472 e. The average Bonchev–Trinajstić information content (AvgIpc) is 2.25. The minimum atomic E-state index is -0.264. The fourth-order valence-corrected chi connectivity index (χ4v) is 1.42. The highest BCUT2D eigenvalue weighted by Gasteiger charge is 2.17. The lowest BCUT2D eigenvalue weighted by Gasteiger charge is -2.22. The van der Waals surface area contributed by atoms with Crippen LogP contribution in [0.2, 0.25) is 0 Å². The number of ether oxygens (including phenoxy) is 1. The van der Waals surface area contributed by atoms with Crippen LogP contribution in [0.3, 0.4) is 0 Å². The zero-order valence-electron chi connectivity index (χ0n) is 11.0. The van der Waals surface area contributed by atoms with Crippen LogP contribution in [0.1, 0.15) is 27.7 Å². The van der Waals surface area contributed by atoms with Gasteiger partial charge in [0, 0.05) is 24.5 Å². The van der Waals surface area contributed by atoms with E-state index in [0.29, 0.717) is 13.2 Å².